The van der Waals surface area contributed by atoms with Crippen LogP contribution in [-0.4, -0.2) is 74.5 Å². The zero-order valence-corrected chi connectivity index (χ0v) is 18.1. The molecule has 8 heteroatoms. The number of nitrogens with zero attached hydrogens (tertiary/aromatic N) is 2. The van der Waals surface area contributed by atoms with Gasteiger partial charge in [0.15, 0.2) is 0 Å². The Bertz CT molecular complexity index is 829. The van der Waals surface area contributed by atoms with E-state index in [1.807, 2.05) is 4.90 Å². The molecule has 0 unspecified atom stereocenters. The molecule has 1 aromatic rings. The zero-order chi connectivity index (χ0) is 21.8. The highest BCUT2D eigenvalue weighted by atomic mass is 16.5. The van der Waals surface area contributed by atoms with Gasteiger partial charge >= 0.3 is 0 Å². The van der Waals surface area contributed by atoms with Gasteiger partial charge in [0.1, 0.15) is 11.5 Å². The van der Waals surface area contributed by atoms with Gasteiger partial charge in [0.05, 0.1) is 31.4 Å². The van der Waals surface area contributed by atoms with Crippen LogP contribution in [0.3, 0.4) is 0 Å². The SMILES string of the molecule is COc1ccc(C(=O)N2CCC(OC3CCNCC3)CC2)cc1N1CCC(=O)CC1=O. The van der Waals surface area contributed by atoms with Crippen LogP contribution in [0.4, 0.5) is 5.69 Å². The van der Waals surface area contributed by atoms with E-state index < -0.39 is 0 Å². The van der Waals surface area contributed by atoms with Crippen molar-refractivity contribution in [2.45, 2.75) is 50.7 Å². The number of rotatable bonds is 5. The van der Waals surface area contributed by atoms with Crippen LogP contribution < -0.4 is 15.0 Å². The Kier molecular flexibility index (Phi) is 6.87. The van der Waals surface area contributed by atoms with Gasteiger partial charge in [-0.15, -0.1) is 0 Å². The molecule has 0 spiro atoms. The summed E-state index contributed by atoms with van der Waals surface area (Å²) >= 11 is 0. The molecule has 2 amide bonds. The summed E-state index contributed by atoms with van der Waals surface area (Å²) in [7, 11) is 1.53. The van der Waals surface area contributed by atoms with Gasteiger partial charge in [-0.2, -0.15) is 0 Å². The number of hydrogen-bond donors (Lipinski definition) is 1. The molecule has 4 rings (SSSR count). The molecule has 1 N–H and O–H groups in total. The van der Waals surface area contributed by atoms with Crippen molar-refractivity contribution in [2.24, 2.45) is 0 Å². The predicted octanol–water partition coefficient (Wildman–Crippen LogP) is 1.76. The van der Waals surface area contributed by atoms with Crippen LogP contribution in [0.15, 0.2) is 18.2 Å². The summed E-state index contributed by atoms with van der Waals surface area (Å²) in [6, 6.07) is 5.17. The summed E-state index contributed by atoms with van der Waals surface area (Å²) in [4.78, 5) is 40.5. The molecular weight excluding hydrogens is 398 g/mol. The van der Waals surface area contributed by atoms with Crippen molar-refractivity contribution in [3.05, 3.63) is 23.8 Å². The topological polar surface area (TPSA) is 88.2 Å². The van der Waals surface area contributed by atoms with Gasteiger partial charge in [-0.1, -0.05) is 0 Å². The van der Waals surface area contributed by atoms with Crippen molar-refractivity contribution in [3.63, 3.8) is 0 Å². The first-order valence-electron chi connectivity index (χ1n) is 11.2. The van der Waals surface area contributed by atoms with Crippen molar-refractivity contribution < 1.29 is 23.9 Å². The fourth-order valence-electron chi connectivity index (χ4n) is 4.58. The molecular formula is C23H31N3O5. The highest BCUT2D eigenvalue weighted by molar-refractivity contribution is 6.09. The number of methoxy groups -OCH3 is 1. The smallest absolute Gasteiger partial charge is 0.253 e. The van der Waals surface area contributed by atoms with Crippen molar-refractivity contribution in [1.82, 2.24) is 10.2 Å². The second-order valence-electron chi connectivity index (χ2n) is 8.47. The van der Waals surface area contributed by atoms with Crippen LogP contribution in [0.25, 0.3) is 0 Å². The first-order valence-corrected chi connectivity index (χ1v) is 11.2. The molecule has 0 aromatic heterocycles. The van der Waals surface area contributed by atoms with E-state index in [1.165, 1.54) is 7.11 Å². The van der Waals surface area contributed by atoms with E-state index in [9.17, 15) is 14.4 Å². The zero-order valence-electron chi connectivity index (χ0n) is 18.1. The number of carbonyl (C=O) groups excluding carboxylic acids is 3. The molecule has 168 valence electrons. The third kappa shape index (κ3) is 5.07. The van der Waals surface area contributed by atoms with Crippen LogP contribution >= 0.6 is 0 Å². The van der Waals surface area contributed by atoms with Crippen molar-refractivity contribution in [3.8, 4) is 5.75 Å². The summed E-state index contributed by atoms with van der Waals surface area (Å²) < 4.78 is 11.7. The number of amides is 2. The fraction of sp³-hybridized carbons (Fsp3) is 0.609. The normalized spacial score (nSPS) is 21.5. The van der Waals surface area contributed by atoms with E-state index in [1.54, 1.807) is 23.1 Å². The summed E-state index contributed by atoms with van der Waals surface area (Å²) in [5, 5.41) is 3.35. The van der Waals surface area contributed by atoms with Crippen LogP contribution in [-0.2, 0) is 14.3 Å². The van der Waals surface area contributed by atoms with Gasteiger partial charge in [0, 0.05) is 31.6 Å². The number of ether oxygens (including phenoxy) is 2. The number of piperidine rings is 3. The Morgan fingerprint density at radius 3 is 2.42 bits per heavy atom. The molecule has 3 saturated heterocycles. The number of hydrogen-bond acceptors (Lipinski definition) is 6. The Morgan fingerprint density at radius 1 is 1.03 bits per heavy atom. The lowest BCUT2D eigenvalue weighted by atomic mass is 10.0. The third-order valence-corrected chi connectivity index (χ3v) is 6.38. The molecule has 31 heavy (non-hydrogen) atoms. The number of nitrogens with one attached hydrogen (secondary N) is 1. The number of anilines is 1. The molecule has 3 fully saturated rings. The van der Waals surface area contributed by atoms with E-state index in [0.717, 1.165) is 38.8 Å². The lowest BCUT2D eigenvalue weighted by molar-refractivity contribution is -0.128. The Labute approximate surface area is 182 Å². The molecule has 8 nitrogen and oxygen atoms in total. The Morgan fingerprint density at radius 2 is 1.74 bits per heavy atom. The lowest BCUT2D eigenvalue weighted by Crippen LogP contribution is -2.43. The number of Topliss-reactive ketones (excluding diaryl/α,β-unsaturated/α-hetero) is 1. The molecule has 0 radical (unpaired) electrons. The van der Waals surface area contributed by atoms with Crippen molar-refractivity contribution in [2.75, 3.05) is 44.7 Å². The highest BCUT2D eigenvalue weighted by Crippen LogP contribution is 2.32. The minimum Gasteiger partial charge on any atom is -0.495 e. The number of carbonyl (C=O) groups is 3. The standard InChI is InChI=1S/C23H31N3O5/c1-30-21-3-2-16(14-20(21)26-13-6-17(27)15-22(26)28)23(29)25-11-7-19(8-12-25)31-18-4-9-24-10-5-18/h2-3,14,18-19,24H,4-13,15H2,1H3. The third-order valence-electron chi connectivity index (χ3n) is 6.38. The van der Waals surface area contributed by atoms with E-state index in [4.69, 9.17) is 9.47 Å². The van der Waals surface area contributed by atoms with Crippen LogP contribution in [0, 0.1) is 0 Å². The van der Waals surface area contributed by atoms with E-state index in [-0.39, 0.29) is 30.1 Å². The van der Waals surface area contributed by atoms with Gasteiger partial charge in [0.2, 0.25) is 5.91 Å². The van der Waals surface area contributed by atoms with Crippen LogP contribution in [0.1, 0.15) is 48.9 Å². The van der Waals surface area contributed by atoms with Gasteiger partial charge in [-0.05, 0) is 57.0 Å². The number of ketones is 1. The first kappa shape index (κ1) is 21.8. The summed E-state index contributed by atoms with van der Waals surface area (Å²) in [5.74, 6) is 0.162. The average molecular weight is 430 g/mol. The minimum atomic E-state index is -0.255. The summed E-state index contributed by atoms with van der Waals surface area (Å²) in [6.45, 7) is 3.65. The van der Waals surface area contributed by atoms with Crippen LogP contribution in [0.2, 0.25) is 0 Å². The van der Waals surface area contributed by atoms with E-state index >= 15 is 0 Å². The predicted molar refractivity (Wildman–Crippen MR) is 115 cm³/mol. The largest absolute Gasteiger partial charge is 0.495 e. The molecule has 0 aliphatic carbocycles. The summed E-state index contributed by atoms with van der Waals surface area (Å²) in [5.41, 5.74) is 1.08. The van der Waals surface area contributed by atoms with Gasteiger partial charge in [-0.3, -0.25) is 14.4 Å². The van der Waals surface area contributed by atoms with Gasteiger partial charge in [0.25, 0.3) is 5.91 Å². The Balaban J connectivity index is 1.40. The van der Waals surface area contributed by atoms with Crippen molar-refractivity contribution >= 4 is 23.3 Å². The number of likely N-dealkylation sites (tertiary alicyclic amines) is 1. The maximum atomic E-state index is 13.1. The van der Waals surface area contributed by atoms with Gasteiger partial charge < -0.3 is 24.6 Å². The fourth-order valence-corrected chi connectivity index (χ4v) is 4.58. The molecule has 3 aliphatic rings. The average Bonchev–Trinajstić information content (AvgIpc) is 2.79. The first-order chi connectivity index (χ1) is 15.0. The van der Waals surface area contributed by atoms with E-state index in [2.05, 4.69) is 5.32 Å². The van der Waals surface area contributed by atoms with Crippen LogP contribution in [0.5, 0.6) is 5.75 Å². The quantitative estimate of drug-likeness (QED) is 0.718. The minimum absolute atomic E-state index is 0.0512. The molecule has 0 saturated carbocycles. The molecule has 0 atom stereocenters. The number of benzene rings is 1. The molecule has 0 bridgehead atoms. The molecule has 3 aliphatic heterocycles. The second-order valence-corrected chi connectivity index (χ2v) is 8.47. The lowest BCUT2D eigenvalue weighted by Gasteiger charge is -2.35. The Hall–Kier alpha value is -2.45. The second kappa shape index (κ2) is 9.78. The van der Waals surface area contributed by atoms with E-state index in [0.29, 0.717) is 49.2 Å². The highest BCUT2D eigenvalue weighted by Gasteiger charge is 2.30. The van der Waals surface area contributed by atoms with Gasteiger partial charge in [-0.25, -0.2) is 0 Å². The van der Waals surface area contributed by atoms with Crippen molar-refractivity contribution in [1.29, 1.82) is 0 Å². The maximum Gasteiger partial charge on any atom is 0.253 e. The molecule has 1 aromatic carbocycles. The monoisotopic (exact) mass is 429 g/mol. The maximum absolute atomic E-state index is 13.1. The molecule has 3 heterocycles. The summed E-state index contributed by atoms with van der Waals surface area (Å²) in [6.07, 6.45) is 4.53.